The van der Waals surface area contributed by atoms with E-state index in [-0.39, 0.29) is 0 Å². The van der Waals surface area contributed by atoms with Gasteiger partial charge >= 0.3 is 0 Å². The molecule has 0 spiro atoms. The van der Waals surface area contributed by atoms with Crippen molar-refractivity contribution in [2.75, 3.05) is 27.2 Å². The van der Waals surface area contributed by atoms with Crippen LogP contribution in [0.5, 0.6) is 5.75 Å². The van der Waals surface area contributed by atoms with Crippen LogP contribution in [-0.2, 0) is 0 Å². The standard InChI is InChI=1S/C18H20N4O2S/c1-22(2)9-10-24-16-8-7-14(12-5-3-4-6-13(12)16)18-20-15(11-25-18)17(23)21-19/h3-8,11H,9-10,19H2,1-2H3,(H,21,23). The number of hydrogen-bond acceptors (Lipinski definition) is 6. The molecule has 0 radical (unpaired) electrons. The fourth-order valence-electron chi connectivity index (χ4n) is 2.50. The number of nitrogen functional groups attached to an aromatic ring is 1. The molecule has 0 atom stereocenters. The van der Waals surface area contributed by atoms with Gasteiger partial charge in [0, 0.05) is 22.9 Å². The maximum absolute atomic E-state index is 11.6. The maximum Gasteiger partial charge on any atom is 0.284 e. The van der Waals surface area contributed by atoms with Gasteiger partial charge in [0.1, 0.15) is 23.1 Å². The molecule has 6 nitrogen and oxygen atoms in total. The molecule has 130 valence electrons. The third kappa shape index (κ3) is 3.79. The van der Waals surface area contributed by atoms with E-state index in [2.05, 4.69) is 15.3 Å². The van der Waals surface area contributed by atoms with E-state index >= 15 is 0 Å². The number of nitrogens with one attached hydrogen (secondary N) is 1. The highest BCUT2D eigenvalue weighted by Gasteiger charge is 2.14. The van der Waals surface area contributed by atoms with E-state index in [1.54, 1.807) is 5.38 Å². The number of rotatable bonds is 6. The van der Waals surface area contributed by atoms with E-state index < -0.39 is 5.91 Å². The van der Waals surface area contributed by atoms with Gasteiger partial charge < -0.3 is 9.64 Å². The molecule has 3 aromatic rings. The Bertz CT molecular complexity index is 892. The number of ether oxygens (including phenoxy) is 1. The smallest absolute Gasteiger partial charge is 0.284 e. The van der Waals surface area contributed by atoms with Crippen molar-refractivity contribution in [3.8, 4) is 16.3 Å². The molecule has 1 amide bonds. The van der Waals surface area contributed by atoms with Crippen molar-refractivity contribution in [3.63, 3.8) is 0 Å². The molecular weight excluding hydrogens is 336 g/mol. The first-order valence-corrected chi connectivity index (χ1v) is 8.74. The van der Waals surface area contributed by atoms with E-state index in [0.29, 0.717) is 12.3 Å². The highest BCUT2D eigenvalue weighted by atomic mass is 32.1. The van der Waals surface area contributed by atoms with Crippen molar-refractivity contribution < 1.29 is 9.53 Å². The van der Waals surface area contributed by atoms with Gasteiger partial charge in [-0.05, 0) is 31.6 Å². The van der Waals surface area contributed by atoms with Gasteiger partial charge in [-0.2, -0.15) is 0 Å². The van der Waals surface area contributed by atoms with E-state index in [1.165, 1.54) is 11.3 Å². The van der Waals surface area contributed by atoms with Crippen molar-refractivity contribution >= 4 is 28.0 Å². The van der Waals surface area contributed by atoms with Crippen molar-refractivity contribution in [2.24, 2.45) is 5.84 Å². The third-order valence-electron chi connectivity index (χ3n) is 3.78. The molecule has 0 fully saturated rings. The zero-order valence-corrected chi connectivity index (χ0v) is 15.0. The number of hydrogen-bond donors (Lipinski definition) is 2. The number of carbonyl (C=O) groups excluding carboxylic acids is 1. The zero-order chi connectivity index (χ0) is 17.8. The van der Waals surface area contributed by atoms with Crippen molar-refractivity contribution in [1.29, 1.82) is 0 Å². The molecule has 0 saturated carbocycles. The minimum atomic E-state index is -0.393. The van der Waals surface area contributed by atoms with Gasteiger partial charge in [0.2, 0.25) is 0 Å². The van der Waals surface area contributed by atoms with Gasteiger partial charge in [-0.3, -0.25) is 10.2 Å². The fourth-order valence-corrected chi connectivity index (χ4v) is 3.34. The lowest BCUT2D eigenvalue weighted by molar-refractivity contribution is 0.0949. The second-order valence-corrected chi connectivity index (χ2v) is 6.68. The van der Waals surface area contributed by atoms with Gasteiger partial charge in [-0.1, -0.05) is 24.3 Å². The first kappa shape index (κ1) is 17.3. The molecular formula is C18H20N4O2S. The Hall–Kier alpha value is -2.48. The van der Waals surface area contributed by atoms with Crippen LogP contribution < -0.4 is 16.0 Å². The van der Waals surface area contributed by atoms with Crippen molar-refractivity contribution in [1.82, 2.24) is 15.3 Å². The molecule has 3 N–H and O–H groups in total. The van der Waals surface area contributed by atoms with Crippen LogP contribution in [0, 0.1) is 0 Å². The molecule has 7 heteroatoms. The number of carbonyl (C=O) groups is 1. The van der Waals surface area contributed by atoms with E-state index in [0.717, 1.165) is 33.6 Å². The summed E-state index contributed by atoms with van der Waals surface area (Å²) in [7, 11) is 4.03. The van der Waals surface area contributed by atoms with Crippen LogP contribution in [0.3, 0.4) is 0 Å². The SMILES string of the molecule is CN(C)CCOc1ccc(-c2nc(C(=O)NN)cs2)c2ccccc12. The molecule has 25 heavy (non-hydrogen) atoms. The fraction of sp³-hybridized carbons (Fsp3) is 0.222. The molecule has 0 aliphatic carbocycles. The maximum atomic E-state index is 11.6. The van der Waals surface area contributed by atoms with Crippen LogP contribution in [0.25, 0.3) is 21.3 Å². The number of hydrazine groups is 1. The number of fused-ring (bicyclic) bond motifs is 1. The van der Waals surface area contributed by atoms with Crippen molar-refractivity contribution in [2.45, 2.75) is 0 Å². The highest BCUT2D eigenvalue weighted by Crippen LogP contribution is 2.35. The molecule has 0 bridgehead atoms. The number of nitrogens with zero attached hydrogens (tertiary/aromatic N) is 2. The van der Waals surface area contributed by atoms with Crippen LogP contribution >= 0.6 is 11.3 Å². The summed E-state index contributed by atoms with van der Waals surface area (Å²) in [6.45, 7) is 1.47. The van der Waals surface area contributed by atoms with Crippen LogP contribution in [-0.4, -0.2) is 43.0 Å². The second kappa shape index (κ2) is 7.60. The molecule has 3 rings (SSSR count). The van der Waals surface area contributed by atoms with E-state index in [9.17, 15) is 4.79 Å². The Labute approximate surface area is 150 Å². The van der Waals surface area contributed by atoms with Gasteiger partial charge in [0.05, 0.1) is 0 Å². The van der Waals surface area contributed by atoms with Crippen molar-refractivity contribution in [3.05, 3.63) is 47.5 Å². The molecule has 0 saturated heterocycles. The second-order valence-electron chi connectivity index (χ2n) is 5.82. The lowest BCUT2D eigenvalue weighted by atomic mass is 10.0. The summed E-state index contributed by atoms with van der Waals surface area (Å²) in [5, 5.41) is 4.54. The number of aromatic nitrogens is 1. The van der Waals surface area contributed by atoms with Crippen LogP contribution in [0.15, 0.2) is 41.8 Å². The number of nitrogens with two attached hydrogens (primary N) is 1. The topological polar surface area (TPSA) is 80.5 Å². The molecule has 2 aromatic carbocycles. The summed E-state index contributed by atoms with van der Waals surface area (Å²) < 4.78 is 5.94. The first-order valence-electron chi connectivity index (χ1n) is 7.86. The Balaban J connectivity index is 1.97. The van der Waals surface area contributed by atoms with E-state index in [1.807, 2.05) is 50.5 Å². The summed E-state index contributed by atoms with van der Waals surface area (Å²) >= 11 is 1.41. The average molecular weight is 356 g/mol. The molecule has 0 aliphatic heterocycles. The quantitative estimate of drug-likeness (QED) is 0.403. The number of thiazole rings is 1. The van der Waals surface area contributed by atoms with Gasteiger partial charge in [0.15, 0.2) is 0 Å². The predicted molar refractivity (Wildman–Crippen MR) is 101 cm³/mol. The summed E-state index contributed by atoms with van der Waals surface area (Å²) in [4.78, 5) is 18.1. The Morgan fingerprint density at radius 2 is 2.00 bits per heavy atom. The normalized spacial score (nSPS) is 11.0. The average Bonchev–Trinajstić information content (AvgIpc) is 3.10. The summed E-state index contributed by atoms with van der Waals surface area (Å²) in [6, 6.07) is 12.0. The summed E-state index contributed by atoms with van der Waals surface area (Å²) in [6.07, 6.45) is 0. The lowest BCUT2D eigenvalue weighted by Crippen LogP contribution is -2.30. The number of benzene rings is 2. The Kier molecular flexibility index (Phi) is 5.28. The number of likely N-dealkylation sites (N-methyl/N-ethyl adjacent to an activating group) is 1. The monoisotopic (exact) mass is 356 g/mol. The largest absolute Gasteiger partial charge is 0.492 e. The van der Waals surface area contributed by atoms with E-state index in [4.69, 9.17) is 10.6 Å². The van der Waals surface area contributed by atoms with Crippen LogP contribution in [0.1, 0.15) is 10.5 Å². The minimum Gasteiger partial charge on any atom is -0.492 e. The van der Waals surface area contributed by atoms with Gasteiger partial charge in [-0.25, -0.2) is 10.8 Å². The highest BCUT2D eigenvalue weighted by molar-refractivity contribution is 7.13. The minimum absolute atomic E-state index is 0.317. The summed E-state index contributed by atoms with van der Waals surface area (Å²) in [5.41, 5.74) is 3.39. The van der Waals surface area contributed by atoms with Crippen LogP contribution in [0.2, 0.25) is 0 Å². The molecule has 1 aromatic heterocycles. The summed E-state index contributed by atoms with van der Waals surface area (Å²) in [5.74, 6) is 5.63. The van der Waals surface area contributed by atoms with Gasteiger partial charge in [-0.15, -0.1) is 11.3 Å². The predicted octanol–water partition coefficient (Wildman–Crippen LogP) is 2.51. The first-order chi connectivity index (χ1) is 12.1. The number of amides is 1. The lowest BCUT2D eigenvalue weighted by Gasteiger charge is -2.14. The molecule has 1 heterocycles. The zero-order valence-electron chi connectivity index (χ0n) is 14.2. The molecule has 0 unspecified atom stereocenters. The van der Waals surface area contributed by atoms with Crippen LogP contribution in [0.4, 0.5) is 0 Å². The Morgan fingerprint density at radius 3 is 2.72 bits per heavy atom. The molecule has 0 aliphatic rings. The Morgan fingerprint density at radius 1 is 1.24 bits per heavy atom. The third-order valence-corrected chi connectivity index (χ3v) is 4.65. The van der Waals surface area contributed by atoms with Gasteiger partial charge in [0.25, 0.3) is 5.91 Å².